The fraction of sp³-hybridized carbons (Fsp3) is 0.588. The summed E-state index contributed by atoms with van der Waals surface area (Å²) in [6, 6.07) is 8.89. The van der Waals surface area contributed by atoms with Gasteiger partial charge in [0.25, 0.3) is 0 Å². The maximum absolute atomic E-state index is 12.1. The molecule has 1 amide bonds. The van der Waals surface area contributed by atoms with Crippen molar-refractivity contribution in [2.75, 3.05) is 26.2 Å². The van der Waals surface area contributed by atoms with E-state index in [1.807, 2.05) is 0 Å². The third-order valence-electron chi connectivity index (χ3n) is 4.68. The molecule has 4 nitrogen and oxygen atoms in total. The summed E-state index contributed by atoms with van der Waals surface area (Å²) in [4.78, 5) is 14.6. The van der Waals surface area contributed by atoms with Crippen molar-refractivity contribution >= 4 is 21.8 Å². The lowest BCUT2D eigenvalue weighted by Crippen LogP contribution is -2.46. The number of benzene rings is 1. The van der Waals surface area contributed by atoms with Crippen LogP contribution in [0, 0.1) is 5.92 Å². The Hall–Kier alpha value is -0.910. The zero-order valence-corrected chi connectivity index (χ0v) is 14.4. The molecule has 2 heterocycles. The van der Waals surface area contributed by atoms with Gasteiger partial charge in [-0.15, -0.1) is 0 Å². The molecule has 3 rings (SSSR count). The second kappa shape index (κ2) is 7.57. The molecule has 0 bridgehead atoms. The summed E-state index contributed by atoms with van der Waals surface area (Å²) in [6.07, 6.45) is 3.10. The van der Waals surface area contributed by atoms with Gasteiger partial charge < -0.3 is 10.6 Å². The standard InChI is InChI=1S/C17H24BrN3O/c18-15-3-1-13(2-4-15)12-21-9-6-16(7-10-21)20-17(22)14-5-8-19-11-14/h1-4,14,16,19H,5-12H2,(H,20,22). The van der Waals surface area contributed by atoms with Crippen molar-refractivity contribution in [2.45, 2.75) is 31.8 Å². The van der Waals surface area contributed by atoms with Crippen LogP contribution in [0.4, 0.5) is 0 Å². The number of hydrogen-bond acceptors (Lipinski definition) is 3. The summed E-state index contributed by atoms with van der Waals surface area (Å²) in [5.41, 5.74) is 1.35. The van der Waals surface area contributed by atoms with Gasteiger partial charge in [0.1, 0.15) is 0 Å². The van der Waals surface area contributed by atoms with Crippen LogP contribution < -0.4 is 10.6 Å². The quantitative estimate of drug-likeness (QED) is 0.858. The molecule has 2 saturated heterocycles. The van der Waals surface area contributed by atoms with E-state index in [4.69, 9.17) is 0 Å². The third kappa shape index (κ3) is 4.31. The van der Waals surface area contributed by atoms with Crippen LogP contribution in [-0.2, 0) is 11.3 Å². The monoisotopic (exact) mass is 365 g/mol. The Balaban J connectivity index is 1.42. The van der Waals surface area contributed by atoms with Crippen molar-refractivity contribution in [3.05, 3.63) is 34.3 Å². The molecule has 2 N–H and O–H groups in total. The van der Waals surface area contributed by atoms with Gasteiger partial charge in [0.15, 0.2) is 0 Å². The number of hydrogen-bond donors (Lipinski definition) is 2. The summed E-state index contributed by atoms with van der Waals surface area (Å²) in [5.74, 6) is 0.428. The number of piperidine rings is 1. The topological polar surface area (TPSA) is 44.4 Å². The number of halogens is 1. The van der Waals surface area contributed by atoms with Crippen molar-refractivity contribution in [3.8, 4) is 0 Å². The molecule has 2 fully saturated rings. The van der Waals surface area contributed by atoms with Gasteiger partial charge in [-0.1, -0.05) is 28.1 Å². The Bertz CT molecular complexity index is 491. The summed E-state index contributed by atoms with van der Waals surface area (Å²) in [5, 5.41) is 6.50. The molecular formula is C17H24BrN3O. The predicted octanol–water partition coefficient (Wildman–Crippen LogP) is 2.14. The van der Waals surface area contributed by atoms with Crippen molar-refractivity contribution in [1.29, 1.82) is 0 Å². The lowest BCUT2D eigenvalue weighted by Gasteiger charge is -2.32. The fourth-order valence-corrected chi connectivity index (χ4v) is 3.55. The molecule has 120 valence electrons. The van der Waals surface area contributed by atoms with Crippen LogP contribution in [0.25, 0.3) is 0 Å². The van der Waals surface area contributed by atoms with E-state index in [1.165, 1.54) is 5.56 Å². The molecule has 1 atom stereocenters. The first-order valence-electron chi connectivity index (χ1n) is 8.18. The first kappa shape index (κ1) is 16.0. The van der Waals surface area contributed by atoms with E-state index < -0.39 is 0 Å². The Morgan fingerprint density at radius 1 is 1.23 bits per heavy atom. The van der Waals surface area contributed by atoms with Crippen LogP contribution in [0.5, 0.6) is 0 Å². The molecule has 0 spiro atoms. The fourth-order valence-electron chi connectivity index (χ4n) is 3.28. The number of likely N-dealkylation sites (tertiary alicyclic amines) is 1. The molecule has 1 aromatic rings. The Kier molecular flexibility index (Phi) is 5.50. The highest BCUT2D eigenvalue weighted by Crippen LogP contribution is 2.17. The van der Waals surface area contributed by atoms with Gasteiger partial charge in [-0.3, -0.25) is 9.69 Å². The average Bonchev–Trinajstić information content (AvgIpc) is 3.06. The van der Waals surface area contributed by atoms with E-state index >= 15 is 0 Å². The van der Waals surface area contributed by atoms with Crippen LogP contribution in [0.1, 0.15) is 24.8 Å². The van der Waals surface area contributed by atoms with Crippen molar-refractivity contribution in [1.82, 2.24) is 15.5 Å². The predicted molar refractivity (Wildman–Crippen MR) is 91.6 cm³/mol. The Morgan fingerprint density at radius 3 is 2.59 bits per heavy atom. The lowest BCUT2D eigenvalue weighted by molar-refractivity contribution is -0.125. The summed E-state index contributed by atoms with van der Waals surface area (Å²) in [7, 11) is 0. The molecule has 0 aliphatic carbocycles. The number of carbonyl (C=O) groups is 1. The third-order valence-corrected chi connectivity index (χ3v) is 5.21. The van der Waals surface area contributed by atoms with E-state index in [1.54, 1.807) is 0 Å². The highest BCUT2D eigenvalue weighted by Gasteiger charge is 2.26. The smallest absolute Gasteiger partial charge is 0.224 e. The largest absolute Gasteiger partial charge is 0.353 e. The minimum absolute atomic E-state index is 0.181. The Morgan fingerprint density at radius 2 is 1.95 bits per heavy atom. The summed E-state index contributed by atoms with van der Waals surface area (Å²) < 4.78 is 1.12. The zero-order valence-electron chi connectivity index (χ0n) is 12.9. The minimum atomic E-state index is 0.181. The zero-order chi connectivity index (χ0) is 15.4. The Labute approximate surface area is 140 Å². The number of nitrogens with zero attached hydrogens (tertiary/aromatic N) is 1. The number of rotatable bonds is 4. The molecule has 1 unspecified atom stereocenters. The van der Waals surface area contributed by atoms with Gasteiger partial charge in [0.2, 0.25) is 5.91 Å². The molecule has 0 radical (unpaired) electrons. The number of amides is 1. The maximum atomic E-state index is 12.1. The van der Waals surface area contributed by atoms with Gasteiger partial charge in [0, 0.05) is 36.7 Å². The molecule has 0 saturated carbocycles. The molecule has 5 heteroatoms. The van der Waals surface area contributed by atoms with Gasteiger partial charge in [-0.25, -0.2) is 0 Å². The van der Waals surface area contributed by atoms with Crippen LogP contribution in [0.2, 0.25) is 0 Å². The van der Waals surface area contributed by atoms with E-state index in [-0.39, 0.29) is 11.8 Å². The van der Waals surface area contributed by atoms with Gasteiger partial charge in [0.05, 0.1) is 5.92 Å². The van der Waals surface area contributed by atoms with E-state index in [2.05, 4.69) is 55.7 Å². The average molecular weight is 366 g/mol. The second-order valence-electron chi connectivity index (χ2n) is 6.38. The molecule has 2 aliphatic rings. The van der Waals surface area contributed by atoms with Crippen LogP contribution in [0.3, 0.4) is 0 Å². The van der Waals surface area contributed by atoms with Gasteiger partial charge in [-0.05, 0) is 43.5 Å². The molecule has 1 aromatic carbocycles. The van der Waals surface area contributed by atoms with Crippen molar-refractivity contribution < 1.29 is 4.79 Å². The van der Waals surface area contributed by atoms with Crippen molar-refractivity contribution in [2.24, 2.45) is 5.92 Å². The van der Waals surface area contributed by atoms with Gasteiger partial charge in [-0.2, -0.15) is 0 Å². The molecular weight excluding hydrogens is 342 g/mol. The first-order chi connectivity index (χ1) is 10.7. The maximum Gasteiger partial charge on any atom is 0.224 e. The number of nitrogens with one attached hydrogen (secondary N) is 2. The lowest BCUT2D eigenvalue weighted by atomic mass is 10.0. The molecule has 22 heavy (non-hydrogen) atoms. The normalized spacial score (nSPS) is 23.6. The van der Waals surface area contributed by atoms with Crippen LogP contribution in [0.15, 0.2) is 28.7 Å². The minimum Gasteiger partial charge on any atom is -0.353 e. The molecule has 2 aliphatic heterocycles. The highest BCUT2D eigenvalue weighted by atomic mass is 79.9. The van der Waals surface area contributed by atoms with E-state index in [0.29, 0.717) is 6.04 Å². The second-order valence-corrected chi connectivity index (χ2v) is 7.29. The summed E-state index contributed by atoms with van der Waals surface area (Å²) in [6.45, 7) is 4.94. The van der Waals surface area contributed by atoms with Gasteiger partial charge >= 0.3 is 0 Å². The first-order valence-corrected chi connectivity index (χ1v) is 8.98. The van der Waals surface area contributed by atoms with E-state index in [0.717, 1.165) is 56.5 Å². The van der Waals surface area contributed by atoms with E-state index in [9.17, 15) is 4.79 Å². The summed E-state index contributed by atoms with van der Waals surface area (Å²) >= 11 is 3.47. The number of carbonyl (C=O) groups excluding carboxylic acids is 1. The molecule has 0 aromatic heterocycles. The van der Waals surface area contributed by atoms with Crippen LogP contribution >= 0.6 is 15.9 Å². The highest BCUT2D eigenvalue weighted by molar-refractivity contribution is 9.10. The SMILES string of the molecule is O=C(NC1CCN(Cc2ccc(Br)cc2)CC1)C1CCNC1. The van der Waals surface area contributed by atoms with Crippen LogP contribution in [-0.4, -0.2) is 43.0 Å². The van der Waals surface area contributed by atoms with Crippen molar-refractivity contribution in [3.63, 3.8) is 0 Å².